The van der Waals surface area contributed by atoms with Crippen LogP contribution < -0.4 is 15.4 Å². The molecule has 1 fully saturated rings. The summed E-state index contributed by atoms with van der Waals surface area (Å²) < 4.78 is 31.9. The van der Waals surface area contributed by atoms with Crippen molar-refractivity contribution < 1.29 is 22.9 Å². The van der Waals surface area contributed by atoms with Gasteiger partial charge in [-0.3, -0.25) is 14.9 Å². The molecule has 0 saturated carbocycles. The molecule has 1 aliphatic rings. The number of sulfonamides is 1. The van der Waals surface area contributed by atoms with Crippen molar-refractivity contribution in [3.8, 4) is 5.75 Å². The topological polar surface area (TPSA) is 131 Å². The first kappa shape index (κ1) is 22.8. The number of rotatable bonds is 8. The van der Waals surface area contributed by atoms with Gasteiger partial charge in [0.1, 0.15) is 16.3 Å². The molecule has 31 heavy (non-hydrogen) atoms. The predicted octanol–water partition coefficient (Wildman–Crippen LogP) is 3.09. The van der Waals surface area contributed by atoms with Crippen molar-refractivity contribution in [2.45, 2.75) is 17.7 Å². The van der Waals surface area contributed by atoms with E-state index < -0.39 is 20.9 Å². The van der Waals surface area contributed by atoms with Crippen LogP contribution in [-0.2, 0) is 14.8 Å². The highest BCUT2D eigenvalue weighted by Crippen LogP contribution is 2.30. The van der Waals surface area contributed by atoms with Crippen LogP contribution in [0.5, 0.6) is 5.75 Å². The van der Waals surface area contributed by atoms with Crippen LogP contribution in [0.3, 0.4) is 0 Å². The number of nitrogens with one attached hydrogen (secondary N) is 2. The minimum Gasteiger partial charge on any atom is -0.496 e. The molecule has 0 aliphatic carbocycles. The van der Waals surface area contributed by atoms with Gasteiger partial charge in [-0.1, -0.05) is 11.6 Å². The van der Waals surface area contributed by atoms with E-state index in [0.717, 1.165) is 12.8 Å². The van der Waals surface area contributed by atoms with Crippen molar-refractivity contribution in [3.05, 3.63) is 51.5 Å². The van der Waals surface area contributed by atoms with Crippen LogP contribution in [-0.4, -0.2) is 50.3 Å². The minimum atomic E-state index is -3.73. The average molecular weight is 469 g/mol. The molecule has 2 aromatic carbocycles. The molecular formula is C19H21ClN4O6S. The minimum absolute atomic E-state index is 0.0195. The van der Waals surface area contributed by atoms with Gasteiger partial charge in [0.2, 0.25) is 15.9 Å². The first-order valence-corrected chi connectivity index (χ1v) is 11.2. The van der Waals surface area contributed by atoms with Gasteiger partial charge in [-0.05, 0) is 43.2 Å². The molecule has 0 bridgehead atoms. The number of halogens is 1. The van der Waals surface area contributed by atoms with Gasteiger partial charge in [0.25, 0.3) is 5.69 Å². The monoisotopic (exact) mass is 468 g/mol. The van der Waals surface area contributed by atoms with E-state index in [-0.39, 0.29) is 33.6 Å². The smallest absolute Gasteiger partial charge is 0.296 e. The van der Waals surface area contributed by atoms with Gasteiger partial charge >= 0.3 is 0 Å². The second kappa shape index (κ2) is 9.50. The molecule has 166 valence electrons. The lowest BCUT2D eigenvalue weighted by atomic mass is 10.2. The molecular weight excluding hydrogens is 448 g/mol. The van der Waals surface area contributed by atoms with E-state index in [0.29, 0.717) is 18.8 Å². The van der Waals surface area contributed by atoms with Gasteiger partial charge in [0.05, 0.1) is 29.7 Å². The quantitative estimate of drug-likeness (QED) is 0.449. The third-order valence-electron chi connectivity index (χ3n) is 4.74. The van der Waals surface area contributed by atoms with E-state index in [1.807, 2.05) is 0 Å². The second-order valence-corrected chi connectivity index (χ2v) is 9.11. The number of amides is 1. The van der Waals surface area contributed by atoms with E-state index >= 15 is 0 Å². The number of nitrogens with zero attached hydrogens (tertiary/aromatic N) is 2. The number of hydrogen-bond acceptors (Lipinski definition) is 7. The van der Waals surface area contributed by atoms with E-state index in [9.17, 15) is 23.3 Å². The lowest BCUT2D eigenvalue weighted by Gasteiger charge is -2.17. The molecule has 2 N–H and O–H groups in total. The number of carbonyl (C=O) groups is 1. The number of nitro benzene ring substituents is 1. The van der Waals surface area contributed by atoms with Crippen molar-refractivity contribution in [2.75, 3.05) is 37.4 Å². The van der Waals surface area contributed by atoms with Gasteiger partial charge in [-0.15, -0.1) is 0 Å². The maximum absolute atomic E-state index is 12.8. The summed E-state index contributed by atoms with van der Waals surface area (Å²) in [6, 6.07) is 8.44. The maximum atomic E-state index is 12.8. The van der Waals surface area contributed by atoms with Crippen LogP contribution in [0.25, 0.3) is 0 Å². The predicted molar refractivity (Wildman–Crippen MR) is 116 cm³/mol. The molecule has 0 spiro atoms. The number of ether oxygens (including phenoxy) is 1. The fourth-order valence-electron chi connectivity index (χ4n) is 3.15. The zero-order chi connectivity index (χ0) is 22.6. The Labute approximate surface area is 184 Å². The van der Waals surface area contributed by atoms with Crippen molar-refractivity contribution in [1.82, 2.24) is 4.31 Å². The van der Waals surface area contributed by atoms with Crippen LogP contribution in [0, 0.1) is 10.1 Å². The van der Waals surface area contributed by atoms with Gasteiger partial charge in [0.15, 0.2) is 0 Å². The summed E-state index contributed by atoms with van der Waals surface area (Å²) in [5, 5.41) is 16.6. The number of methoxy groups -OCH3 is 1. The van der Waals surface area contributed by atoms with Gasteiger partial charge in [-0.2, -0.15) is 4.31 Å². The van der Waals surface area contributed by atoms with Crippen molar-refractivity contribution in [2.24, 2.45) is 0 Å². The molecule has 1 aliphatic heterocycles. The summed E-state index contributed by atoms with van der Waals surface area (Å²) in [5.74, 6) is -0.261. The normalized spacial score (nSPS) is 14.3. The van der Waals surface area contributed by atoms with Gasteiger partial charge in [0, 0.05) is 18.8 Å². The third kappa shape index (κ3) is 5.24. The first-order chi connectivity index (χ1) is 14.7. The van der Waals surface area contributed by atoms with Crippen molar-refractivity contribution in [1.29, 1.82) is 0 Å². The SMILES string of the molecule is COc1ccc(NC(=O)CNc2ccc(Cl)c(S(=O)(=O)N3CCCC3)c2)c([N+](=O)[O-])c1. The van der Waals surface area contributed by atoms with Gasteiger partial charge < -0.3 is 15.4 Å². The number of anilines is 2. The summed E-state index contributed by atoms with van der Waals surface area (Å²) in [7, 11) is -2.35. The largest absolute Gasteiger partial charge is 0.496 e. The Morgan fingerprint density at radius 2 is 1.94 bits per heavy atom. The van der Waals surface area contributed by atoms with E-state index in [1.54, 1.807) is 6.07 Å². The van der Waals surface area contributed by atoms with E-state index in [2.05, 4.69) is 10.6 Å². The molecule has 12 heteroatoms. The summed E-state index contributed by atoms with van der Waals surface area (Å²) in [6.07, 6.45) is 1.60. The highest BCUT2D eigenvalue weighted by Gasteiger charge is 2.29. The highest BCUT2D eigenvalue weighted by molar-refractivity contribution is 7.89. The molecule has 1 saturated heterocycles. The molecule has 0 aromatic heterocycles. The molecule has 1 amide bonds. The fourth-order valence-corrected chi connectivity index (χ4v) is 5.17. The van der Waals surface area contributed by atoms with Crippen LogP contribution >= 0.6 is 11.6 Å². The zero-order valence-electron chi connectivity index (χ0n) is 16.6. The summed E-state index contributed by atoms with van der Waals surface area (Å²) in [5.41, 5.74) is 0.0887. The number of benzene rings is 2. The number of hydrogen-bond donors (Lipinski definition) is 2. The Hall–Kier alpha value is -2.89. The fraction of sp³-hybridized carbons (Fsp3) is 0.316. The summed E-state index contributed by atoms with van der Waals surface area (Å²) >= 11 is 6.11. The number of nitro groups is 1. The van der Waals surface area contributed by atoms with Crippen molar-refractivity contribution >= 4 is 44.6 Å². The second-order valence-electron chi connectivity index (χ2n) is 6.80. The van der Waals surface area contributed by atoms with E-state index in [1.165, 1.54) is 41.7 Å². The average Bonchev–Trinajstić information content (AvgIpc) is 3.29. The molecule has 0 atom stereocenters. The molecule has 1 heterocycles. The van der Waals surface area contributed by atoms with Crippen LogP contribution in [0.15, 0.2) is 41.3 Å². The third-order valence-corrected chi connectivity index (χ3v) is 7.12. The Kier molecular flexibility index (Phi) is 6.98. The lowest BCUT2D eigenvalue weighted by Crippen LogP contribution is -2.28. The Morgan fingerprint density at radius 3 is 2.58 bits per heavy atom. The van der Waals surface area contributed by atoms with E-state index in [4.69, 9.17) is 16.3 Å². The Balaban J connectivity index is 1.71. The lowest BCUT2D eigenvalue weighted by molar-refractivity contribution is -0.384. The van der Waals surface area contributed by atoms with Crippen LogP contribution in [0.2, 0.25) is 5.02 Å². The Morgan fingerprint density at radius 1 is 1.23 bits per heavy atom. The zero-order valence-corrected chi connectivity index (χ0v) is 18.2. The molecule has 3 rings (SSSR count). The summed E-state index contributed by atoms with van der Waals surface area (Å²) in [4.78, 5) is 22.9. The highest BCUT2D eigenvalue weighted by atomic mass is 35.5. The van der Waals surface area contributed by atoms with Crippen LogP contribution in [0.1, 0.15) is 12.8 Å². The molecule has 0 unspecified atom stereocenters. The van der Waals surface area contributed by atoms with Crippen molar-refractivity contribution in [3.63, 3.8) is 0 Å². The standard InChI is InChI=1S/C19H21ClN4O6S/c1-30-14-5-7-16(17(11-14)24(26)27)22-19(25)12-21-13-4-6-15(20)18(10-13)31(28,29)23-8-2-3-9-23/h4-7,10-11,21H,2-3,8-9,12H2,1H3,(H,22,25). The first-order valence-electron chi connectivity index (χ1n) is 9.38. The van der Waals surface area contributed by atoms with Crippen LogP contribution in [0.4, 0.5) is 17.1 Å². The maximum Gasteiger partial charge on any atom is 0.296 e. The number of carbonyl (C=O) groups excluding carboxylic acids is 1. The van der Waals surface area contributed by atoms with Gasteiger partial charge in [-0.25, -0.2) is 8.42 Å². The molecule has 2 aromatic rings. The Bertz CT molecular complexity index is 1100. The molecule has 10 nitrogen and oxygen atoms in total. The summed E-state index contributed by atoms with van der Waals surface area (Å²) in [6.45, 7) is 0.646. The molecule has 0 radical (unpaired) electrons.